The van der Waals surface area contributed by atoms with Gasteiger partial charge in [0.1, 0.15) is 17.1 Å². The summed E-state index contributed by atoms with van der Waals surface area (Å²) in [5, 5.41) is 10.3. The summed E-state index contributed by atoms with van der Waals surface area (Å²) in [6, 6.07) is 8.41. The summed E-state index contributed by atoms with van der Waals surface area (Å²) in [6.07, 6.45) is 5.00. The van der Waals surface area contributed by atoms with Crippen molar-refractivity contribution in [2.45, 2.75) is 44.8 Å². The molecule has 0 bridgehead atoms. The molecule has 0 saturated heterocycles. The van der Waals surface area contributed by atoms with Gasteiger partial charge < -0.3 is 19.2 Å². The number of esters is 2. The van der Waals surface area contributed by atoms with Crippen molar-refractivity contribution in [2.24, 2.45) is 0 Å². The summed E-state index contributed by atoms with van der Waals surface area (Å²) in [5.41, 5.74) is 1.52. The van der Waals surface area contributed by atoms with Crippen molar-refractivity contribution in [2.75, 3.05) is 6.79 Å². The van der Waals surface area contributed by atoms with E-state index in [1.165, 1.54) is 6.07 Å². The number of hydrogen-bond donors (Lipinski definition) is 1. The molecule has 2 aromatic rings. The average molecular weight is 425 g/mol. The second kappa shape index (κ2) is 10.7. The van der Waals surface area contributed by atoms with Crippen LogP contribution in [0.5, 0.6) is 5.75 Å². The molecule has 0 saturated carbocycles. The molecular formula is C22H24BNO7. The SMILES string of the molecule is CCCC(=O)C[C@H]1Cc2cccc(C(=O)OCOC(=O)Cc3cccnc3)c2OB1O. The zero-order valence-corrected chi connectivity index (χ0v) is 17.3. The van der Waals surface area contributed by atoms with E-state index in [2.05, 4.69) is 4.98 Å². The van der Waals surface area contributed by atoms with Crippen LogP contribution in [0.25, 0.3) is 0 Å². The number of nitrogens with zero attached hydrogens (tertiary/aromatic N) is 1. The van der Waals surface area contributed by atoms with E-state index in [1.54, 1.807) is 36.7 Å². The van der Waals surface area contributed by atoms with E-state index in [4.69, 9.17) is 14.1 Å². The first kappa shape index (κ1) is 22.5. The summed E-state index contributed by atoms with van der Waals surface area (Å²) in [5.74, 6) is -1.37. The smallest absolute Gasteiger partial charge is 0.526 e. The third-order valence-corrected chi connectivity index (χ3v) is 4.94. The number of carbonyl (C=O) groups is 3. The second-order valence-corrected chi connectivity index (χ2v) is 7.36. The lowest BCUT2D eigenvalue weighted by Gasteiger charge is -2.28. The zero-order chi connectivity index (χ0) is 22.2. The van der Waals surface area contributed by atoms with E-state index in [-0.39, 0.29) is 35.8 Å². The maximum absolute atomic E-state index is 12.5. The van der Waals surface area contributed by atoms with Crippen molar-refractivity contribution < 1.29 is 33.5 Å². The fraction of sp³-hybridized carbons (Fsp3) is 0.364. The predicted octanol–water partition coefficient (Wildman–Crippen LogP) is 2.53. The van der Waals surface area contributed by atoms with Crippen molar-refractivity contribution in [3.63, 3.8) is 0 Å². The number of hydrogen-bond acceptors (Lipinski definition) is 8. The zero-order valence-electron chi connectivity index (χ0n) is 17.3. The van der Waals surface area contributed by atoms with Crippen molar-refractivity contribution in [1.29, 1.82) is 0 Å². The van der Waals surface area contributed by atoms with Crippen LogP contribution in [0.15, 0.2) is 42.7 Å². The van der Waals surface area contributed by atoms with Gasteiger partial charge in [-0.2, -0.15) is 0 Å². The molecule has 0 unspecified atom stereocenters. The van der Waals surface area contributed by atoms with Gasteiger partial charge >= 0.3 is 19.1 Å². The number of para-hydroxylation sites is 1. The third-order valence-electron chi connectivity index (χ3n) is 4.94. The van der Waals surface area contributed by atoms with Crippen LogP contribution < -0.4 is 4.65 Å². The fourth-order valence-corrected chi connectivity index (χ4v) is 3.44. The van der Waals surface area contributed by atoms with E-state index < -0.39 is 25.8 Å². The van der Waals surface area contributed by atoms with Crippen LogP contribution in [-0.4, -0.2) is 41.6 Å². The minimum absolute atomic E-state index is 0.0135. The van der Waals surface area contributed by atoms with E-state index in [1.807, 2.05) is 6.92 Å². The van der Waals surface area contributed by atoms with E-state index in [0.29, 0.717) is 24.0 Å². The largest absolute Gasteiger partial charge is 0.535 e. The Kier molecular flexibility index (Phi) is 7.78. The number of ketones is 1. The molecule has 1 aromatic carbocycles. The van der Waals surface area contributed by atoms with Gasteiger partial charge in [-0.25, -0.2) is 4.79 Å². The van der Waals surface area contributed by atoms with E-state index >= 15 is 0 Å². The van der Waals surface area contributed by atoms with Crippen LogP contribution >= 0.6 is 0 Å². The molecule has 1 N–H and O–H groups in total. The maximum atomic E-state index is 12.5. The quantitative estimate of drug-likeness (QED) is 0.371. The highest BCUT2D eigenvalue weighted by Crippen LogP contribution is 2.36. The molecule has 9 heteroatoms. The molecule has 1 aromatic heterocycles. The molecule has 8 nitrogen and oxygen atoms in total. The number of pyridine rings is 1. The number of aromatic nitrogens is 1. The summed E-state index contributed by atoms with van der Waals surface area (Å²) in [6.45, 7) is 1.38. The molecule has 3 rings (SSSR count). The highest BCUT2D eigenvalue weighted by molar-refractivity contribution is 6.47. The summed E-state index contributed by atoms with van der Waals surface area (Å²) >= 11 is 0. The highest BCUT2D eigenvalue weighted by Gasteiger charge is 2.37. The lowest BCUT2D eigenvalue weighted by atomic mass is 9.64. The number of carbonyl (C=O) groups excluding carboxylic acids is 3. The van der Waals surface area contributed by atoms with Crippen molar-refractivity contribution >= 4 is 24.8 Å². The van der Waals surface area contributed by atoms with E-state index in [9.17, 15) is 19.4 Å². The van der Waals surface area contributed by atoms with Gasteiger partial charge in [-0.3, -0.25) is 14.6 Å². The van der Waals surface area contributed by atoms with Crippen LogP contribution in [0.2, 0.25) is 5.82 Å². The Morgan fingerprint density at radius 1 is 1.23 bits per heavy atom. The van der Waals surface area contributed by atoms with Gasteiger partial charge in [0, 0.05) is 31.1 Å². The summed E-state index contributed by atoms with van der Waals surface area (Å²) in [4.78, 5) is 40.2. The van der Waals surface area contributed by atoms with Crippen LogP contribution in [0.1, 0.15) is 47.7 Å². The molecule has 0 spiro atoms. The second-order valence-electron chi connectivity index (χ2n) is 7.36. The van der Waals surface area contributed by atoms with Crippen LogP contribution in [-0.2, 0) is 31.9 Å². The molecule has 1 aliphatic rings. The Hall–Kier alpha value is -3.20. The standard InChI is InChI=1S/C22H24BNO7/c1-2-5-18(25)12-17-11-16-7-3-8-19(21(16)31-23(17)28)22(27)30-14-29-20(26)10-15-6-4-9-24-13-15/h3-4,6-9,13,17,28H,2,5,10-12,14H2,1H3/t17-/m1/s1. The monoisotopic (exact) mass is 425 g/mol. The van der Waals surface area contributed by atoms with Crippen molar-refractivity contribution in [3.05, 3.63) is 59.4 Å². The van der Waals surface area contributed by atoms with Gasteiger partial charge in [-0.05, 0) is 36.1 Å². The van der Waals surface area contributed by atoms with Gasteiger partial charge in [-0.15, -0.1) is 0 Å². The molecular weight excluding hydrogens is 401 g/mol. The Morgan fingerprint density at radius 2 is 2.06 bits per heavy atom. The number of fused-ring (bicyclic) bond motifs is 1. The summed E-state index contributed by atoms with van der Waals surface area (Å²) in [7, 11) is -1.19. The van der Waals surface area contributed by atoms with Crippen LogP contribution in [0.3, 0.4) is 0 Å². The Morgan fingerprint density at radius 3 is 2.81 bits per heavy atom. The Labute approximate surface area is 180 Å². The minimum atomic E-state index is -1.19. The molecule has 0 aliphatic carbocycles. The summed E-state index contributed by atoms with van der Waals surface area (Å²) < 4.78 is 15.6. The first-order chi connectivity index (χ1) is 15.0. The first-order valence-corrected chi connectivity index (χ1v) is 10.2. The molecule has 162 valence electrons. The molecule has 1 atom stereocenters. The lowest BCUT2D eigenvalue weighted by Crippen LogP contribution is -2.36. The van der Waals surface area contributed by atoms with Gasteiger partial charge in [0.25, 0.3) is 0 Å². The first-order valence-electron chi connectivity index (χ1n) is 10.2. The van der Waals surface area contributed by atoms with Crippen molar-refractivity contribution in [1.82, 2.24) is 4.98 Å². The Bertz CT molecular complexity index is 935. The molecule has 0 fully saturated rings. The van der Waals surface area contributed by atoms with Crippen LogP contribution in [0, 0.1) is 0 Å². The van der Waals surface area contributed by atoms with Crippen molar-refractivity contribution in [3.8, 4) is 5.75 Å². The molecule has 31 heavy (non-hydrogen) atoms. The fourth-order valence-electron chi connectivity index (χ4n) is 3.44. The number of Topliss-reactive ketones (excluding diaryl/α,β-unsaturated/α-hetero) is 1. The number of benzene rings is 1. The average Bonchev–Trinajstić information content (AvgIpc) is 2.74. The normalized spacial score (nSPS) is 14.9. The lowest BCUT2D eigenvalue weighted by molar-refractivity contribution is -0.151. The molecule has 2 heterocycles. The third kappa shape index (κ3) is 6.15. The van der Waals surface area contributed by atoms with Gasteiger partial charge in [0.15, 0.2) is 0 Å². The maximum Gasteiger partial charge on any atom is 0.526 e. The number of rotatable bonds is 9. The van der Waals surface area contributed by atoms with Crippen LogP contribution in [0.4, 0.5) is 0 Å². The highest BCUT2D eigenvalue weighted by atomic mass is 16.7. The number of ether oxygens (including phenoxy) is 2. The van der Waals surface area contributed by atoms with E-state index in [0.717, 1.165) is 6.42 Å². The topological polar surface area (TPSA) is 112 Å². The van der Waals surface area contributed by atoms with Gasteiger partial charge in [0.2, 0.25) is 6.79 Å². The molecule has 0 radical (unpaired) electrons. The Balaban J connectivity index is 1.57. The minimum Gasteiger partial charge on any atom is -0.535 e. The molecule has 0 amide bonds. The molecule has 1 aliphatic heterocycles. The van der Waals surface area contributed by atoms with Gasteiger partial charge in [-0.1, -0.05) is 25.1 Å². The predicted molar refractivity (Wildman–Crippen MR) is 111 cm³/mol. The van der Waals surface area contributed by atoms with Gasteiger partial charge in [0.05, 0.1) is 6.42 Å².